The molecule has 0 aromatic heterocycles. The van der Waals surface area contributed by atoms with Gasteiger partial charge in [0.05, 0.1) is 0 Å². The molecule has 16 heavy (non-hydrogen) atoms. The maximum atomic E-state index is 3.71. The third-order valence-electron chi connectivity index (χ3n) is 3.74. The Hall–Kier alpha value is -0.340. The topological polar surface area (TPSA) is 12.0 Å². The van der Waals surface area contributed by atoms with Gasteiger partial charge in [0.1, 0.15) is 0 Å². The lowest BCUT2D eigenvalue weighted by Crippen LogP contribution is -2.38. The second-order valence-corrected chi connectivity index (χ2v) is 5.74. The molecule has 1 saturated carbocycles. The summed E-state index contributed by atoms with van der Waals surface area (Å²) in [6.07, 6.45) is 4.22. The fourth-order valence-electron chi connectivity index (χ4n) is 2.39. The minimum absolute atomic E-state index is 0.422. The van der Waals surface area contributed by atoms with Crippen molar-refractivity contribution in [2.75, 3.05) is 0 Å². The molecular formula is C14H20BrN. The van der Waals surface area contributed by atoms with Crippen LogP contribution in [0.5, 0.6) is 0 Å². The minimum atomic E-state index is 0.422. The fourth-order valence-corrected chi connectivity index (χ4v) is 3.01. The lowest BCUT2D eigenvalue weighted by molar-refractivity contribution is 0.229. The second-order valence-electron chi connectivity index (χ2n) is 4.89. The molecule has 0 amide bonds. The molecule has 0 saturated heterocycles. The van der Waals surface area contributed by atoms with E-state index >= 15 is 0 Å². The van der Waals surface area contributed by atoms with E-state index in [2.05, 4.69) is 59.4 Å². The first kappa shape index (κ1) is 12.1. The Morgan fingerprint density at radius 1 is 1.25 bits per heavy atom. The summed E-state index contributed by atoms with van der Waals surface area (Å²) in [5.41, 5.74) is 1.36. The molecule has 0 bridgehead atoms. The van der Waals surface area contributed by atoms with Crippen LogP contribution in [0.2, 0.25) is 0 Å². The Balaban J connectivity index is 1.96. The van der Waals surface area contributed by atoms with E-state index in [0.29, 0.717) is 12.1 Å². The van der Waals surface area contributed by atoms with Crippen molar-refractivity contribution in [3.8, 4) is 0 Å². The quantitative estimate of drug-likeness (QED) is 0.868. The standard InChI is InChI=1S/C14H20BrN/c1-10(12-6-5-7-12)16-11(2)13-8-3-4-9-14(13)15/h3-4,8-12,16H,5-7H2,1-2H3. The van der Waals surface area contributed by atoms with E-state index in [1.807, 2.05) is 0 Å². The molecule has 1 N–H and O–H groups in total. The zero-order chi connectivity index (χ0) is 11.5. The van der Waals surface area contributed by atoms with Crippen LogP contribution in [0.4, 0.5) is 0 Å². The van der Waals surface area contributed by atoms with E-state index in [1.54, 1.807) is 0 Å². The van der Waals surface area contributed by atoms with Gasteiger partial charge in [0, 0.05) is 16.6 Å². The summed E-state index contributed by atoms with van der Waals surface area (Å²) in [7, 11) is 0. The number of benzene rings is 1. The first-order chi connectivity index (χ1) is 7.68. The summed E-state index contributed by atoms with van der Waals surface area (Å²) >= 11 is 3.61. The monoisotopic (exact) mass is 281 g/mol. The van der Waals surface area contributed by atoms with E-state index in [0.717, 1.165) is 5.92 Å². The number of halogens is 1. The molecule has 2 atom stereocenters. The van der Waals surface area contributed by atoms with Crippen LogP contribution in [-0.2, 0) is 0 Å². The molecule has 2 rings (SSSR count). The van der Waals surface area contributed by atoms with Gasteiger partial charge in [-0.3, -0.25) is 0 Å². The van der Waals surface area contributed by atoms with Gasteiger partial charge in [-0.2, -0.15) is 0 Å². The summed E-state index contributed by atoms with van der Waals surface area (Å²) in [4.78, 5) is 0. The van der Waals surface area contributed by atoms with Crippen LogP contribution in [0.15, 0.2) is 28.7 Å². The van der Waals surface area contributed by atoms with E-state index in [1.165, 1.54) is 29.3 Å². The Labute approximate surface area is 107 Å². The molecule has 0 radical (unpaired) electrons. The molecule has 1 fully saturated rings. The van der Waals surface area contributed by atoms with Crippen molar-refractivity contribution in [2.45, 2.75) is 45.2 Å². The third-order valence-corrected chi connectivity index (χ3v) is 4.46. The van der Waals surface area contributed by atoms with Crippen molar-refractivity contribution in [2.24, 2.45) is 5.92 Å². The van der Waals surface area contributed by atoms with Crippen molar-refractivity contribution < 1.29 is 0 Å². The van der Waals surface area contributed by atoms with Gasteiger partial charge in [0.25, 0.3) is 0 Å². The SMILES string of the molecule is CC(NC(C)C1CCC1)c1ccccc1Br. The van der Waals surface area contributed by atoms with Gasteiger partial charge in [0.2, 0.25) is 0 Å². The summed E-state index contributed by atoms with van der Waals surface area (Å²) in [5, 5.41) is 3.71. The largest absolute Gasteiger partial charge is 0.307 e. The number of nitrogens with one attached hydrogen (secondary N) is 1. The van der Waals surface area contributed by atoms with Crippen molar-refractivity contribution >= 4 is 15.9 Å². The third kappa shape index (κ3) is 2.67. The Morgan fingerprint density at radius 3 is 2.50 bits per heavy atom. The van der Waals surface area contributed by atoms with Crippen LogP contribution in [0.25, 0.3) is 0 Å². The van der Waals surface area contributed by atoms with E-state index in [-0.39, 0.29) is 0 Å². The van der Waals surface area contributed by atoms with Crippen LogP contribution in [0, 0.1) is 5.92 Å². The van der Waals surface area contributed by atoms with Gasteiger partial charge in [-0.1, -0.05) is 40.5 Å². The van der Waals surface area contributed by atoms with E-state index in [4.69, 9.17) is 0 Å². The highest BCUT2D eigenvalue weighted by atomic mass is 79.9. The van der Waals surface area contributed by atoms with E-state index < -0.39 is 0 Å². The van der Waals surface area contributed by atoms with Crippen LogP contribution >= 0.6 is 15.9 Å². The molecule has 0 aliphatic heterocycles. The first-order valence-electron chi connectivity index (χ1n) is 6.19. The minimum Gasteiger partial charge on any atom is -0.307 e. The molecule has 1 aromatic rings. The molecule has 2 unspecified atom stereocenters. The summed E-state index contributed by atoms with van der Waals surface area (Å²) in [6, 6.07) is 9.53. The molecule has 1 aliphatic carbocycles. The molecule has 1 nitrogen and oxygen atoms in total. The molecular weight excluding hydrogens is 262 g/mol. The normalized spacial score (nSPS) is 20.2. The molecule has 1 aliphatic rings. The van der Waals surface area contributed by atoms with Crippen LogP contribution < -0.4 is 5.32 Å². The summed E-state index contributed by atoms with van der Waals surface area (Å²) < 4.78 is 1.20. The number of hydrogen-bond acceptors (Lipinski definition) is 1. The Bertz CT molecular complexity index is 346. The lowest BCUT2D eigenvalue weighted by Gasteiger charge is -2.34. The number of hydrogen-bond donors (Lipinski definition) is 1. The molecule has 0 heterocycles. The predicted molar refractivity (Wildman–Crippen MR) is 72.5 cm³/mol. The maximum absolute atomic E-state index is 3.71. The number of rotatable bonds is 4. The molecule has 1 aromatic carbocycles. The van der Waals surface area contributed by atoms with Crippen LogP contribution in [-0.4, -0.2) is 6.04 Å². The van der Waals surface area contributed by atoms with Crippen molar-refractivity contribution in [1.29, 1.82) is 0 Å². The smallest absolute Gasteiger partial charge is 0.0305 e. The molecule has 0 spiro atoms. The van der Waals surface area contributed by atoms with Gasteiger partial charge in [-0.15, -0.1) is 0 Å². The summed E-state index contributed by atoms with van der Waals surface area (Å²) in [6.45, 7) is 4.56. The van der Waals surface area contributed by atoms with Gasteiger partial charge < -0.3 is 5.32 Å². The van der Waals surface area contributed by atoms with Gasteiger partial charge in [-0.25, -0.2) is 0 Å². The van der Waals surface area contributed by atoms with Crippen LogP contribution in [0.1, 0.15) is 44.7 Å². The lowest BCUT2D eigenvalue weighted by atomic mass is 9.80. The molecule has 2 heteroatoms. The van der Waals surface area contributed by atoms with Crippen molar-refractivity contribution in [3.63, 3.8) is 0 Å². The zero-order valence-electron chi connectivity index (χ0n) is 10.0. The molecule has 88 valence electrons. The van der Waals surface area contributed by atoms with Gasteiger partial charge >= 0.3 is 0 Å². The second kappa shape index (κ2) is 5.33. The van der Waals surface area contributed by atoms with Gasteiger partial charge in [0.15, 0.2) is 0 Å². The van der Waals surface area contributed by atoms with Crippen LogP contribution in [0.3, 0.4) is 0 Å². The highest BCUT2D eigenvalue weighted by Gasteiger charge is 2.25. The predicted octanol–water partition coefficient (Wildman–Crippen LogP) is 4.29. The van der Waals surface area contributed by atoms with Crippen molar-refractivity contribution in [3.05, 3.63) is 34.3 Å². The zero-order valence-corrected chi connectivity index (χ0v) is 11.6. The first-order valence-corrected chi connectivity index (χ1v) is 6.98. The van der Waals surface area contributed by atoms with Gasteiger partial charge in [-0.05, 0) is 44.2 Å². The highest BCUT2D eigenvalue weighted by molar-refractivity contribution is 9.10. The average molecular weight is 282 g/mol. The van der Waals surface area contributed by atoms with Crippen molar-refractivity contribution in [1.82, 2.24) is 5.32 Å². The average Bonchev–Trinajstić information content (AvgIpc) is 2.15. The summed E-state index contributed by atoms with van der Waals surface area (Å²) in [5.74, 6) is 0.893. The fraction of sp³-hybridized carbons (Fsp3) is 0.571. The van der Waals surface area contributed by atoms with E-state index in [9.17, 15) is 0 Å². The Morgan fingerprint density at radius 2 is 1.94 bits per heavy atom. The Kier molecular flexibility index (Phi) is 4.04. The highest BCUT2D eigenvalue weighted by Crippen LogP contribution is 2.31. The maximum Gasteiger partial charge on any atom is 0.0305 e.